The molecular formula is C9H15N3OS. The molecule has 0 bridgehead atoms. The van der Waals surface area contributed by atoms with E-state index in [1.54, 1.807) is 5.51 Å². The molecule has 0 saturated carbocycles. The number of anilines is 1. The number of hydrogen-bond donors (Lipinski definition) is 1. The molecule has 1 aromatic heterocycles. The van der Waals surface area contributed by atoms with Crippen molar-refractivity contribution in [2.75, 3.05) is 11.9 Å². The summed E-state index contributed by atoms with van der Waals surface area (Å²) in [6.07, 6.45) is 3.94. The summed E-state index contributed by atoms with van der Waals surface area (Å²) in [7, 11) is 0. The molecule has 1 saturated heterocycles. The molecular weight excluding hydrogens is 198 g/mol. The number of rotatable bonds is 3. The molecule has 1 N–H and O–H groups in total. The quantitative estimate of drug-likeness (QED) is 0.833. The van der Waals surface area contributed by atoms with Crippen molar-refractivity contribution in [3.8, 4) is 0 Å². The van der Waals surface area contributed by atoms with Gasteiger partial charge in [0.15, 0.2) is 0 Å². The Balaban J connectivity index is 1.85. The van der Waals surface area contributed by atoms with Gasteiger partial charge in [0.25, 0.3) is 0 Å². The Labute approximate surface area is 87.7 Å². The van der Waals surface area contributed by atoms with Crippen LogP contribution in [0.25, 0.3) is 0 Å². The van der Waals surface area contributed by atoms with Crippen LogP contribution >= 0.6 is 11.3 Å². The number of ether oxygens (including phenoxy) is 1. The van der Waals surface area contributed by atoms with Crippen molar-refractivity contribution in [3.05, 3.63) is 5.51 Å². The number of hydrogen-bond acceptors (Lipinski definition) is 5. The van der Waals surface area contributed by atoms with Gasteiger partial charge in [0.2, 0.25) is 5.13 Å². The fourth-order valence-electron chi connectivity index (χ4n) is 1.68. The van der Waals surface area contributed by atoms with Crippen LogP contribution in [0.1, 0.15) is 26.2 Å². The molecule has 2 heterocycles. The maximum atomic E-state index is 5.68. The largest absolute Gasteiger partial charge is 0.376 e. The highest BCUT2D eigenvalue weighted by atomic mass is 32.1. The Morgan fingerprint density at radius 3 is 3.21 bits per heavy atom. The second-order valence-corrected chi connectivity index (χ2v) is 4.42. The first-order valence-corrected chi connectivity index (χ1v) is 5.88. The van der Waals surface area contributed by atoms with E-state index in [-0.39, 0.29) is 0 Å². The smallest absolute Gasteiger partial charge is 0.205 e. The predicted molar refractivity (Wildman–Crippen MR) is 56.6 cm³/mol. The highest BCUT2D eigenvalue weighted by molar-refractivity contribution is 7.13. The van der Waals surface area contributed by atoms with Gasteiger partial charge in [-0.05, 0) is 26.2 Å². The van der Waals surface area contributed by atoms with E-state index in [1.165, 1.54) is 24.2 Å². The van der Waals surface area contributed by atoms with Crippen molar-refractivity contribution in [2.45, 2.75) is 38.3 Å². The van der Waals surface area contributed by atoms with Gasteiger partial charge in [-0.1, -0.05) is 11.3 Å². The highest BCUT2D eigenvalue weighted by Gasteiger charge is 2.21. The lowest BCUT2D eigenvalue weighted by molar-refractivity contribution is 0.00785. The van der Waals surface area contributed by atoms with Crippen LogP contribution in [-0.2, 0) is 4.74 Å². The van der Waals surface area contributed by atoms with Crippen LogP contribution in [0.5, 0.6) is 0 Å². The number of aromatic nitrogens is 2. The van der Waals surface area contributed by atoms with Crippen LogP contribution in [-0.4, -0.2) is 29.0 Å². The van der Waals surface area contributed by atoms with Gasteiger partial charge in [-0.2, -0.15) is 0 Å². The molecule has 0 amide bonds. The van der Waals surface area contributed by atoms with Gasteiger partial charge in [0.1, 0.15) is 5.51 Å². The van der Waals surface area contributed by atoms with Gasteiger partial charge >= 0.3 is 0 Å². The Morgan fingerprint density at radius 2 is 2.57 bits per heavy atom. The molecule has 0 spiro atoms. The summed E-state index contributed by atoms with van der Waals surface area (Å²) >= 11 is 1.53. The molecule has 1 aliphatic rings. The molecule has 4 nitrogen and oxygen atoms in total. The van der Waals surface area contributed by atoms with Gasteiger partial charge in [0.05, 0.1) is 12.1 Å². The van der Waals surface area contributed by atoms with Crippen LogP contribution in [0.4, 0.5) is 5.13 Å². The van der Waals surface area contributed by atoms with Crippen molar-refractivity contribution in [3.63, 3.8) is 0 Å². The van der Waals surface area contributed by atoms with Gasteiger partial charge in [-0.15, -0.1) is 10.2 Å². The summed E-state index contributed by atoms with van der Waals surface area (Å²) in [5.41, 5.74) is 1.73. The SMILES string of the molecule is CC(Nc1nncs1)C1CCCCO1. The average Bonchev–Trinajstić information content (AvgIpc) is 2.72. The van der Waals surface area contributed by atoms with Crippen LogP contribution in [0, 0.1) is 0 Å². The maximum absolute atomic E-state index is 5.68. The van der Waals surface area contributed by atoms with Crippen LogP contribution in [0.15, 0.2) is 5.51 Å². The Kier molecular flexibility index (Phi) is 3.31. The Hall–Kier alpha value is -0.680. The van der Waals surface area contributed by atoms with E-state index in [0.717, 1.165) is 18.2 Å². The van der Waals surface area contributed by atoms with Crippen LogP contribution in [0.2, 0.25) is 0 Å². The normalized spacial score (nSPS) is 24.5. The first kappa shape index (κ1) is 9.86. The first-order valence-electron chi connectivity index (χ1n) is 5.00. The zero-order valence-corrected chi connectivity index (χ0v) is 9.09. The van der Waals surface area contributed by atoms with E-state index < -0.39 is 0 Å². The van der Waals surface area contributed by atoms with Crippen LogP contribution < -0.4 is 5.32 Å². The van der Waals surface area contributed by atoms with Crippen molar-refractivity contribution in [2.24, 2.45) is 0 Å². The van der Waals surface area contributed by atoms with E-state index >= 15 is 0 Å². The molecule has 0 aromatic carbocycles. The second kappa shape index (κ2) is 4.70. The summed E-state index contributed by atoms with van der Waals surface area (Å²) in [6, 6.07) is 0.322. The first-order chi connectivity index (χ1) is 6.86. The second-order valence-electron chi connectivity index (χ2n) is 3.58. The van der Waals surface area contributed by atoms with E-state index in [9.17, 15) is 0 Å². The molecule has 2 unspecified atom stereocenters. The van der Waals surface area contributed by atoms with Crippen molar-refractivity contribution in [1.82, 2.24) is 10.2 Å². The molecule has 1 aliphatic heterocycles. The highest BCUT2D eigenvalue weighted by Crippen LogP contribution is 2.19. The van der Waals surface area contributed by atoms with Crippen molar-refractivity contribution >= 4 is 16.5 Å². The predicted octanol–water partition coefficient (Wildman–Crippen LogP) is 1.91. The molecule has 1 fully saturated rings. The maximum Gasteiger partial charge on any atom is 0.205 e. The molecule has 1 aromatic rings. The third-order valence-electron chi connectivity index (χ3n) is 2.48. The molecule has 0 radical (unpaired) electrons. The summed E-state index contributed by atoms with van der Waals surface area (Å²) in [5.74, 6) is 0. The minimum Gasteiger partial charge on any atom is -0.376 e. The molecule has 5 heteroatoms. The zero-order chi connectivity index (χ0) is 9.80. The molecule has 2 rings (SSSR count). The summed E-state index contributed by atoms with van der Waals surface area (Å²) in [6.45, 7) is 3.03. The van der Waals surface area contributed by atoms with E-state index in [4.69, 9.17) is 4.74 Å². The minimum absolute atomic E-state index is 0.322. The summed E-state index contributed by atoms with van der Waals surface area (Å²) in [4.78, 5) is 0. The van der Waals surface area contributed by atoms with Gasteiger partial charge < -0.3 is 10.1 Å². The van der Waals surface area contributed by atoms with Crippen LogP contribution in [0.3, 0.4) is 0 Å². The Bertz CT molecular complexity index is 259. The van der Waals surface area contributed by atoms with E-state index in [1.807, 2.05) is 0 Å². The minimum atomic E-state index is 0.322. The van der Waals surface area contributed by atoms with Gasteiger partial charge in [0, 0.05) is 6.61 Å². The monoisotopic (exact) mass is 213 g/mol. The Morgan fingerprint density at radius 1 is 1.64 bits per heavy atom. The lowest BCUT2D eigenvalue weighted by Crippen LogP contribution is -2.35. The fourth-order valence-corrected chi connectivity index (χ4v) is 2.23. The summed E-state index contributed by atoms with van der Waals surface area (Å²) < 4.78 is 5.68. The molecule has 2 atom stereocenters. The number of nitrogens with one attached hydrogen (secondary N) is 1. The van der Waals surface area contributed by atoms with E-state index in [2.05, 4.69) is 22.4 Å². The molecule has 0 aliphatic carbocycles. The van der Waals surface area contributed by atoms with Crippen molar-refractivity contribution < 1.29 is 4.74 Å². The zero-order valence-electron chi connectivity index (χ0n) is 8.27. The standard InChI is InChI=1S/C9H15N3OS/c1-7(8-4-2-3-5-13-8)11-9-12-10-6-14-9/h6-8H,2-5H2,1H3,(H,11,12). The van der Waals surface area contributed by atoms with Gasteiger partial charge in [-0.25, -0.2) is 0 Å². The lowest BCUT2D eigenvalue weighted by atomic mass is 10.0. The topological polar surface area (TPSA) is 47.0 Å². The molecule has 14 heavy (non-hydrogen) atoms. The average molecular weight is 213 g/mol. The third-order valence-corrected chi connectivity index (χ3v) is 3.11. The van der Waals surface area contributed by atoms with E-state index in [0.29, 0.717) is 12.1 Å². The number of nitrogens with zero attached hydrogens (tertiary/aromatic N) is 2. The lowest BCUT2D eigenvalue weighted by Gasteiger charge is -2.28. The third kappa shape index (κ3) is 2.42. The van der Waals surface area contributed by atoms with Crippen molar-refractivity contribution in [1.29, 1.82) is 0 Å². The summed E-state index contributed by atoms with van der Waals surface area (Å²) in [5, 5.41) is 11.9. The van der Waals surface area contributed by atoms with Gasteiger partial charge in [-0.3, -0.25) is 0 Å². The fraction of sp³-hybridized carbons (Fsp3) is 0.778. The molecule has 78 valence electrons.